The van der Waals surface area contributed by atoms with Gasteiger partial charge in [0.1, 0.15) is 18.1 Å². The van der Waals surface area contributed by atoms with Gasteiger partial charge < -0.3 is 14.8 Å². The molecular weight excluding hydrogens is 387 g/mol. The zero-order valence-electron chi connectivity index (χ0n) is 14.8. The monoisotopic (exact) mass is 401 g/mol. The fraction of sp³-hybridized carbons (Fsp3) is 0.105. The molecule has 0 bridgehead atoms. The number of H-pyrrole nitrogens is 1. The topological polar surface area (TPSA) is 85.0 Å². The van der Waals surface area contributed by atoms with Gasteiger partial charge in [-0.05, 0) is 42.5 Å². The van der Waals surface area contributed by atoms with E-state index in [1.807, 2.05) is 18.2 Å². The van der Waals surface area contributed by atoms with Crippen LogP contribution in [0, 0.1) is 0 Å². The highest BCUT2D eigenvalue weighted by Crippen LogP contribution is 2.25. The van der Waals surface area contributed by atoms with Crippen molar-refractivity contribution in [3.8, 4) is 11.5 Å². The van der Waals surface area contributed by atoms with Crippen molar-refractivity contribution in [2.45, 2.75) is 13.0 Å². The third-order valence-electron chi connectivity index (χ3n) is 3.87. The van der Waals surface area contributed by atoms with E-state index >= 15 is 0 Å². The zero-order valence-corrected chi connectivity index (χ0v) is 14.8. The highest BCUT2D eigenvalue weighted by Gasteiger charge is 2.30. The molecule has 29 heavy (non-hydrogen) atoms. The Labute approximate surface area is 162 Å². The average Bonchev–Trinajstić information content (AvgIpc) is 3.16. The molecule has 10 heteroatoms. The van der Waals surface area contributed by atoms with Crippen LogP contribution in [-0.2, 0) is 6.61 Å². The molecule has 0 saturated heterocycles. The first-order valence-electron chi connectivity index (χ1n) is 8.44. The molecule has 0 spiro atoms. The Hall–Kier alpha value is -3.82. The molecule has 2 heterocycles. The number of benzene rings is 2. The second-order valence-corrected chi connectivity index (χ2v) is 6.02. The molecule has 2 aromatic carbocycles. The number of alkyl halides is 3. The highest BCUT2D eigenvalue weighted by molar-refractivity contribution is 5.79. The Morgan fingerprint density at radius 1 is 0.931 bits per heavy atom. The molecule has 0 amide bonds. The van der Waals surface area contributed by atoms with E-state index in [1.54, 1.807) is 18.6 Å². The maximum Gasteiger partial charge on any atom is 0.573 e. The van der Waals surface area contributed by atoms with Crippen molar-refractivity contribution < 1.29 is 22.6 Å². The van der Waals surface area contributed by atoms with Gasteiger partial charge in [-0.3, -0.25) is 5.10 Å². The fourth-order valence-electron chi connectivity index (χ4n) is 2.54. The number of aromatic nitrogens is 4. The number of fused-ring (bicyclic) bond motifs is 1. The third kappa shape index (κ3) is 4.92. The van der Waals surface area contributed by atoms with Gasteiger partial charge in [-0.15, -0.1) is 13.2 Å². The van der Waals surface area contributed by atoms with Crippen LogP contribution in [0.1, 0.15) is 5.56 Å². The minimum atomic E-state index is -4.72. The summed E-state index contributed by atoms with van der Waals surface area (Å²) in [4.78, 5) is 8.36. The van der Waals surface area contributed by atoms with Crippen molar-refractivity contribution in [2.24, 2.45) is 0 Å². The summed E-state index contributed by atoms with van der Waals surface area (Å²) in [6, 6.07) is 10.9. The Balaban J connectivity index is 1.34. The number of nitrogens with one attached hydrogen (secondary N) is 2. The molecule has 2 N–H and O–H groups in total. The van der Waals surface area contributed by atoms with Crippen molar-refractivity contribution in [3.63, 3.8) is 0 Å². The van der Waals surface area contributed by atoms with E-state index in [0.717, 1.165) is 16.5 Å². The standard InChI is InChI=1S/C19H14F3N5O2/c20-19(21,22)29-15-3-1-14(2-4-15)26-18-23-8-12(9-24-18)11-28-16-5-6-17-13(7-16)10-25-27-17/h1-10H,11H2,(H,25,27)(H,23,24,26). The van der Waals surface area contributed by atoms with Crippen molar-refractivity contribution in [1.82, 2.24) is 20.2 Å². The number of halogens is 3. The van der Waals surface area contributed by atoms with E-state index in [2.05, 4.69) is 30.2 Å². The van der Waals surface area contributed by atoms with Crippen LogP contribution in [0.3, 0.4) is 0 Å². The van der Waals surface area contributed by atoms with Gasteiger partial charge in [0.15, 0.2) is 0 Å². The molecule has 0 aliphatic heterocycles. The summed E-state index contributed by atoms with van der Waals surface area (Å²) in [6.45, 7) is 0.285. The molecule has 0 radical (unpaired) electrons. The summed E-state index contributed by atoms with van der Waals surface area (Å²) in [5.74, 6) is 0.699. The summed E-state index contributed by atoms with van der Waals surface area (Å²) in [5, 5.41) is 10.7. The predicted molar refractivity (Wildman–Crippen MR) is 98.9 cm³/mol. The molecule has 0 saturated carbocycles. The molecule has 0 aliphatic rings. The van der Waals surface area contributed by atoms with E-state index in [9.17, 15) is 13.2 Å². The number of nitrogens with zero attached hydrogens (tertiary/aromatic N) is 3. The summed E-state index contributed by atoms with van der Waals surface area (Å²) in [5.41, 5.74) is 2.21. The van der Waals surface area contributed by atoms with Crippen LogP contribution >= 0.6 is 0 Å². The predicted octanol–water partition coefficient (Wildman–Crippen LogP) is 4.57. The van der Waals surface area contributed by atoms with Gasteiger partial charge in [0.25, 0.3) is 0 Å². The molecule has 7 nitrogen and oxygen atoms in total. The van der Waals surface area contributed by atoms with E-state index in [0.29, 0.717) is 17.4 Å². The number of anilines is 2. The van der Waals surface area contributed by atoms with Gasteiger partial charge in [0, 0.05) is 29.0 Å². The number of hydrogen-bond acceptors (Lipinski definition) is 6. The summed E-state index contributed by atoms with van der Waals surface area (Å²) in [7, 11) is 0. The fourth-order valence-corrected chi connectivity index (χ4v) is 2.54. The van der Waals surface area contributed by atoms with Crippen LogP contribution < -0.4 is 14.8 Å². The van der Waals surface area contributed by atoms with E-state index in [4.69, 9.17) is 4.74 Å². The first-order valence-corrected chi connectivity index (χ1v) is 8.44. The van der Waals surface area contributed by atoms with Crippen LogP contribution in [0.25, 0.3) is 10.9 Å². The summed E-state index contributed by atoms with van der Waals surface area (Å²) < 4.78 is 46.1. The van der Waals surface area contributed by atoms with E-state index < -0.39 is 6.36 Å². The minimum Gasteiger partial charge on any atom is -0.489 e. The normalized spacial score (nSPS) is 11.4. The Kier molecular flexibility index (Phi) is 4.90. The zero-order chi connectivity index (χ0) is 20.3. The first-order chi connectivity index (χ1) is 13.9. The van der Waals surface area contributed by atoms with Gasteiger partial charge in [-0.2, -0.15) is 5.10 Å². The minimum absolute atomic E-state index is 0.285. The number of aromatic amines is 1. The molecular formula is C19H14F3N5O2. The van der Waals surface area contributed by atoms with Crippen molar-refractivity contribution in [1.29, 1.82) is 0 Å². The van der Waals surface area contributed by atoms with Crippen LogP contribution in [0.4, 0.5) is 24.8 Å². The molecule has 4 aromatic rings. The molecule has 4 rings (SSSR count). The van der Waals surface area contributed by atoms with Crippen LogP contribution in [0.2, 0.25) is 0 Å². The second-order valence-electron chi connectivity index (χ2n) is 6.02. The molecule has 0 atom stereocenters. The highest BCUT2D eigenvalue weighted by atomic mass is 19.4. The molecule has 2 aromatic heterocycles. The summed E-state index contributed by atoms with van der Waals surface area (Å²) in [6.07, 6.45) is 0.202. The maximum absolute atomic E-state index is 12.2. The van der Waals surface area contributed by atoms with E-state index in [1.165, 1.54) is 24.3 Å². The van der Waals surface area contributed by atoms with E-state index in [-0.39, 0.29) is 12.4 Å². The number of ether oxygens (including phenoxy) is 2. The smallest absolute Gasteiger partial charge is 0.489 e. The summed E-state index contributed by atoms with van der Waals surface area (Å²) >= 11 is 0. The number of hydrogen-bond donors (Lipinski definition) is 2. The second kappa shape index (κ2) is 7.66. The van der Waals surface area contributed by atoms with Crippen molar-refractivity contribution in [2.75, 3.05) is 5.32 Å². The molecule has 0 fully saturated rings. The van der Waals surface area contributed by atoms with Crippen LogP contribution in [0.5, 0.6) is 11.5 Å². The lowest BCUT2D eigenvalue weighted by molar-refractivity contribution is -0.274. The maximum atomic E-state index is 12.2. The third-order valence-corrected chi connectivity index (χ3v) is 3.87. The largest absolute Gasteiger partial charge is 0.573 e. The van der Waals surface area contributed by atoms with Gasteiger partial charge in [0.2, 0.25) is 5.95 Å². The Bertz CT molecular complexity index is 1100. The molecule has 148 valence electrons. The average molecular weight is 401 g/mol. The van der Waals surface area contributed by atoms with Crippen LogP contribution in [0.15, 0.2) is 61.1 Å². The van der Waals surface area contributed by atoms with Crippen LogP contribution in [-0.4, -0.2) is 26.5 Å². The lowest BCUT2D eigenvalue weighted by atomic mass is 10.2. The lowest BCUT2D eigenvalue weighted by Crippen LogP contribution is -2.17. The quantitative estimate of drug-likeness (QED) is 0.492. The molecule has 0 unspecified atom stereocenters. The van der Waals surface area contributed by atoms with Crippen molar-refractivity contribution in [3.05, 3.63) is 66.6 Å². The van der Waals surface area contributed by atoms with Gasteiger partial charge in [0.05, 0.1) is 11.7 Å². The van der Waals surface area contributed by atoms with Gasteiger partial charge >= 0.3 is 6.36 Å². The lowest BCUT2D eigenvalue weighted by Gasteiger charge is -2.10. The number of rotatable bonds is 6. The Morgan fingerprint density at radius 3 is 2.38 bits per heavy atom. The van der Waals surface area contributed by atoms with Gasteiger partial charge in [-0.25, -0.2) is 9.97 Å². The van der Waals surface area contributed by atoms with Gasteiger partial charge in [-0.1, -0.05) is 0 Å². The van der Waals surface area contributed by atoms with Crippen molar-refractivity contribution >= 4 is 22.5 Å². The molecule has 0 aliphatic carbocycles. The Morgan fingerprint density at radius 2 is 1.66 bits per heavy atom. The SMILES string of the molecule is FC(F)(F)Oc1ccc(Nc2ncc(COc3ccc4[nH]ncc4c3)cn2)cc1. The first kappa shape index (κ1) is 18.5.